The second kappa shape index (κ2) is 8.45. The van der Waals surface area contributed by atoms with Gasteiger partial charge >= 0.3 is 0 Å². The van der Waals surface area contributed by atoms with Gasteiger partial charge in [-0.05, 0) is 38.2 Å². The molecule has 1 N–H and O–H groups in total. The highest BCUT2D eigenvalue weighted by atomic mass is 16.5. The van der Waals surface area contributed by atoms with Crippen LogP contribution in [0, 0.1) is 0 Å². The van der Waals surface area contributed by atoms with Crippen LogP contribution in [0.25, 0.3) is 0 Å². The van der Waals surface area contributed by atoms with Crippen molar-refractivity contribution in [3.63, 3.8) is 0 Å². The summed E-state index contributed by atoms with van der Waals surface area (Å²) in [5.41, 5.74) is 1.20. The summed E-state index contributed by atoms with van der Waals surface area (Å²) in [4.78, 5) is 11.8. The van der Waals surface area contributed by atoms with E-state index in [4.69, 9.17) is 9.72 Å². The number of hydrogen-bond acceptors (Lipinski definition) is 5. The molecule has 2 aliphatic heterocycles. The molecule has 25 heavy (non-hydrogen) atoms. The molecule has 3 fully saturated rings. The predicted molar refractivity (Wildman–Crippen MR) is 100 cm³/mol. The first-order chi connectivity index (χ1) is 12.4. The van der Waals surface area contributed by atoms with E-state index in [1.807, 2.05) is 6.20 Å². The van der Waals surface area contributed by atoms with Gasteiger partial charge in [-0.2, -0.15) is 0 Å². The maximum Gasteiger partial charge on any atom is 0.225 e. The second-order valence-corrected chi connectivity index (χ2v) is 7.95. The molecule has 5 nitrogen and oxygen atoms in total. The van der Waals surface area contributed by atoms with Crippen LogP contribution >= 0.6 is 0 Å². The van der Waals surface area contributed by atoms with Crippen LogP contribution < -0.4 is 10.2 Å². The Bertz CT molecular complexity index is 538. The smallest absolute Gasteiger partial charge is 0.225 e. The van der Waals surface area contributed by atoms with Gasteiger partial charge in [-0.1, -0.05) is 25.7 Å². The first kappa shape index (κ1) is 17.2. The van der Waals surface area contributed by atoms with Gasteiger partial charge in [0.1, 0.15) is 0 Å². The number of nitrogens with zero attached hydrogens (tertiary/aromatic N) is 3. The lowest BCUT2D eigenvalue weighted by atomic mass is 9.96. The molecular weight excluding hydrogens is 312 g/mol. The molecule has 0 radical (unpaired) electrons. The van der Waals surface area contributed by atoms with Gasteiger partial charge in [0.05, 0.1) is 0 Å². The van der Waals surface area contributed by atoms with E-state index in [0.29, 0.717) is 12.0 Å². The van der Waals surface area contributed by atoms with E-state index in [1.54, 1.807) is 0 Å². The molecule has 1 aromatic heterocycles. The monoisotopic (exact) mass is 344 g/mol. The number of ether oxygens (including phenoxy) is 1. The van der Waals surface area contributed by atoms with Crippen molar-refractivity contribution in [1.82, 2.24) is 15.3 Å². The zero-order chi connectivity index (χ0) is 16.9. The maximum atomic E-state index is 5.48. The standard InChI is InChI=1S/C20H32N4O/c1-2-4-6-17(5-3-1)22-18-8-12-24(15-18)20-21-11-7-19(23-20)16-9-13-25-14-10-16/h7,11,16-18,22H,1-6,8-10,12-15H2. The van der Waals surface area contributed by atoms with Crippen molar-refractivity contribution in [2.75, 3.05) is 31.2 Å². The van der Waals surface area contributed by atoms with Crippen molar-refractivity contribution in [2.24, 2.45) is 0 Å². The van der Waals surface area contributed by atoms with Gasteiger partial charge in [0.15, 0.2) is 0 Å². The summed E-state index contributed by atoms with van der Waals surface area (Å²) in [6.45, 7) is 3.84. The van der Waals surface area contributed by atoms with E-state index >= 15 is 0 Å². The first-order valence-corrected chi connectivity index (χ1v) is 10.3. The third-order valence-electron chi connectivity index (χ3n) is 6.10. The average molecular weight is 345 g/mol. The lowest BCUT2D eigenvalue weighted by Gasteiger charge is -2.24. The summed E-state index contributed by atoms with van der Waals surface area (Å²) < 4.78 is 5.48. The third-order valence-corrected chi connectivity index (χ3v) is 6.10. The Morgan fingerprint density at radius 3 is 2.56 bits per heavy atom. The largest absolute Gasteiger partial charge is 0.381 e. The number of nitrogens with one attached hydrogen (secondary N) is 1. The molecular formula is C20H32N4O. The van der Waals surface area contributed by atoms with Crippen molar-refractivity contribution in [2.45, 2.75) is 75.8 Å². The van der Waals surface area contributed by atoms with Crippen molar-refractivity contribution in [1.29, 1.82) is 0 Å². The minimum atomic E-state index is 0.540. The fourth-order valence-corrected chi connectivity index (χ4v) is 4.59. The van der Waals surface area contributed by atoms with Crippen molar-refractivity contribution in [3.05, 3.63) is 18.0 Å². The summed E-state index contributed by atoms with van der Waals surface area (Å²) in [5, 5.41) is 3.92. The molecule has 4 rings (SSSR count). The number of rotatable bonds is 4. The molecule has 1 unspecified atom stereocenters. The van der Waals surface area contributed by atoms with Crippen molar-refractivity contribution in [3.8, 4) is 0 Å². The molecule has 5 heteroatoms. The highest BCUT2D eigenvalue weighted by Gasteiger charge is 2.27. The predicted octanol–water partition coefficient (Wildman–Crippen LogP) is 3.26. The Labute approximate surface area is 151 Å². The van der Waals surface area contributed by atoms with E-state index in [1.165, 1.54) is 50.6 Å². The van der Waals surface area contributed by atoms with Gasteiger partial charge in [0, 0.05) is 56.2 Å². The van der Waals surface area contributed by atoms with Gasteiger partial charge < -0.3 is 15.0 Å². The summed E-state index contributed by atoms with van der Waals surface area (Å²) in [6.07, 6.45) is 13.7. The summed E-state index contributed by atoms with van der Waals surface area (Å²) >= 11 is 0. The van der Waals surface area contributed by atoms with E-state index in [2.05, 4.69) is 21.3 Å². The Balaban J connectivity index is 1.34. The molecule has 1 atom stereocenters. The molecule has 1 saturated carbocycles. The summed E-state index contributed by atoms with van der Waals surface area (Å²) in [5.74, 6) is 1.46. The van der Waals surface area contributed by atoms with Crippen LogP contribution in [0.15, 0.2) is 12.3 Å². The number of aromatic nitrogens is 2. The van der Waals surface area contributed by atoms with Gasteiger partial charge in [0.25, 0.3) is 0 Å². The van der Waals surface area contributed by atoms with Gasteiger partial charge in [-0.3, -0.25) is 0 Å². The van der Waals surface area contributed by atoms with Crippen molar-refractivity contribution >= 4 is 5.95 Å². The molecule has 3 heterocycles. The normalized spacial score (nSPS) is 26.7. The molecule has 0 aromatic carbocycles. The minimum Gasteiger partial charge on any atom is -0.381 e. The Kier molecular flexibility index (Phi) is 5.83. The quantitative estimate of drug-likeness (QED) is 0.850. The minimum absolute atomic E-state index is 0.540. The Morgan fingerprint density at radius 2 is 1.76 bits per heavy atom. The highest BCUT2D eigenvalue weighted by molar-refractivity contribution is 5.33. The van der Waals surface area contributed by atoms with Crippen LogP contribution in [-0.4, -0.2) is 48.4 Å². The zero-order valence-corrected chi connectivity index (χ0v) is 15.3. The summed E-state index contributed by atoms with van der Waals surface area (Å²) in [6, 6.07) is 3.41. The van der Waals surface area contributed by atoms with Crippen LogP contribution in [0.2, 0.25) is 0 Å². The SMILES string of the molecule is c1cc(C2CCOCC2)nc(N2CCC(NC3CCCCCC3)C2)n1. The van der Waals surface area contributed by atoms with Gasteiger partial charge in [0.2, 0.25) is 5.95 Å². The molecule has 1 aromatic rings. The fraction of sp³-hybridized carbons (Fsp3) is 0.800. The number of hydrogen-bond donors (Lipinski definition) is 1. The van der Waals surface area contributed by atoms with E-state index in [0.717, 1.165) is 51.1 Å². The topological polar surface area (TPSA) is 50.3 Å². The Hall–Kier alpha value is -1.20. The maximum absolute atomic E-state index is 5.48. The Morgan fingerprint density at radius 1 is 0.960 bits per heavy atom. The molecule has 2 saturated heterocycles. The van der Waals surface area contributed by atoms with Gasteiger partial charge in [-0.25, -0.2) is 9.97 Å². The van der Waals surface area contributed by atoms with Crippen LogP contribution in [0.5, 0.6) is 0 Å². The first-order valence-electron chi connectivity index (χ1n) is 10.3. The lowest BCUT2D eigenvalue weighted by Crippen LogP contribution is -2.40. The van der Waals surface area contributed by atoms with E-state index in [9.17, 15) is 0 Å². The molecule has 138 valence electrons. The molecule has 1 aliphatic carbocycles. The third kappa shape index (κ3) is 4.50. The van der Waals surface area contributed by atoms with Gasteiger partial charge in [-0.15, -0.1) is 0 Å². The van der Waals surface area contributed by atoms with Crippen LogP contribution in [0.3, 0.4) is 0 Å². The molecule has 0 spiro atoms. The van der Waals surface area contributed by atoms with Crippen molar-refractivity contribution < 1.29 is 4.74 Å². The molecule has 0 bridgehead atoms. The van der Waals surface area contributed by atoms with Crippen LogP contribution in [0.1, 0.15) is 69.4 Å². The lowest BCUT2D eigenvalue weighted by molar-refractivity contribution is 0.0845. The summed E-state index contributed by atoms with van der Waals surface area (Å²) in [7, 11) is 0. The van der Waals surface area contributed by atoms with Crippen LogP contribution in [0.4, 0.5) is 5.95 Å². The zero-order valence-electron chi connectivity index (χ0n) is 15.3. The molecule has 3 aliphatic rings. The average Bonchev–Trinajstić information content (AvgIpc) is 2.98. The highest BCUT2D eigenvalue weighted by Crippen LogP contribution is 2.27. The van der Waals surface area contributed by atoms with E-state index in [-0.39, 0.29) is 0 Å². The fourth-order valence-electron chi connectivity index (χ4n) is 4.59. The molecule has 0 amide bonds. The van der Waals surface area contributed by atoms with Crippen LogP contribution in [-0.2, 0) is 4.74 Å². The van der Waals surface area contributed by atoms with E-state index < -0.39 is 0 Å². The number of anilines is 1. The second-order valence-electron chi connectivity index (χ2n) is 7.95.